The number of nitrogens with two attached hydrogens (primary N) is 1. The van der Waals surface area contributed by atoms with Crippen LogP contribution in [-0.2, 0) is 5.41 Å². The number of hydrogen-bond donors (Lipinski definition) is 1. The second-order valence-electron chi connectivity index (χ2n) is 4.66. The second-order valence-corrected chi connectivity index (χ2v) is 4.66. The first-order valence-corrected chi connectivity index (χ1v) is 5.65. The highest BCUT2D eigenvalue weighted by atomic mass is 19.1. The minimum absolute atomic E-state index is 0.0160. The van der Waals surface area contributed by atoms with Crippen LogP contribution in [0.5, 0.6) is 0 Å². The monoisotopic (exact) mass is 207 g/mol. The highest BCUT2D eigenvalue weighted by molar-refractivity contribution is 5.29. The first kappa shape index (κ1) is 10.6. The van der Waals surface area contributed by atoms with Gasteiger partial charge in [0.05, 0.1) is 0 Å². The number of benzene rings is 1. The van der Waals surface area contributed by atoms with Gasteiger partial charge in [-0.15, -0.1) is 0 Å². The molecule has 2 N–H and O–H groups in total. The molecule has 0 aliphatic heterocycles. The summed E-state index contributed by atoms with van der Waals surface area (Å²) < 4.78 is 13.2. The lowest BCUT2D eigenvalue weighted by atomic mass is 9.73. The molecule has 2 rings (SSSR count). The predicted molar refractivity (Wildman–Crippen MR) is 60.1 cm³/mol. The molecule has 0 spiro atoms. The van der Waals surface area contributed by atoms with Crippen molar-refractivity contribution >= 4 is 0 Å². The molecule has 0 aromatic heterocycles. The summed E-state index contributed by atoms with van der Waals surface area (Å²) in [5.41, 5.74) is 7.01. The molecule has 82 valence electrons. The van der Waals surface area contributed by atoms with Crippen LogP contribution < -0.4 is 5.73 Å². The molecule has 2 unspecified atom stereocenters. The molecule has 1 aromatic carbocycles. The van der Waals surface area contributed by atoms with Gasteiger partial charge < -0.3 is 5.73 Å². The predicted octanol–water partition coefficient (Wildman–Crippen LogP) is 2.84. The molecule has 0 radical (unpaired) electrons. The lowest BCUT2D eigenvalue weighted by Gasteiger charge is -2.33. The lowest BCUT2D eigenvalue weighted by Crippen LogP contribution is -2.37. The zero-order valence-electron chi connectivity index (χ0n) is 9.17. The summed E-state index contributed by atoms with van der Waals surface area (Å²) in [6.45, 7) is 2.85. The Kier molecular flexibility index (Phi) is 2.79. The van der Waals surface area contributed by atoms with E-state index in [0.29, 0.717) is 12.5 Å². The Morgan fingerprint density at radius 1 is 1.53 bits per heavy atom. The van der Waals surface area contributed by atoms with E-state index in [4.69, 9.17) is 5.73 Å². The van der Waals surface area contributed by atoms with Crippen molar-refractivity contribution in [3.05, 3.63) is 35.6 Å². The molecule has 2 atom stereocenters. The van der Waals surface area contributed by atoms with E-state index in [1.54, 1.807) is 12.1 Å². The molecule has 0 saturated heterocycles. The van der Waals surface area contributed by atoms with Crippen molar-refractivity contribution in [2.45, 2.75) is 31.6 Å². The summed E-state index contributed by atoms with van der Waals surface area (Å²) in [4.78, 5) is 0. The van der Waals surface area contributed by atoms with Gasteiger partial charge in [-0.2, -0.15) is 0 Å². The van der Waals surface area contributed by atoms with Crippen LogP contribution in [0.4, 0.5) is 4.39 Å². The minimum atomic E-state index is -0.153. The minimum Gasteiger partial charge on any atom is -0.330 e. The van der Waals surface area contributed by atoms with Crippen LogP contribution >= 0.6 is 0 Å². The summed E-state index contributed by atoms with van der Waals surface area (Å²) in [6, 6.07) is 6.94. The molecular weight excluding hydrogens is 189 g/mol. The van der Waals surface area contributed by atoms with Crippen LogP contribution in [0.3, 0.4) is 0 Å². The van der Waals surface area contributed by atoms with Gasteiger partial charge in [0.25, 0.3) is 0 Å². The summed E-state index contributed by atoms with van der Waals surface area (Å²) in [7, 11) is 0. The fourth-order valence-corrected chi connectivity index (χ4v) is 2.89. The number of halogens is 1. The third-order valence-corrected chi connectivity index (χ3v) is 3.97. The average Bonchev–Trinajstić information content (AvgIpc) is 2.61. The number of rotatable bonds is 2. The lowest BCUT2D eigenvalue weighted by molar-refractivity contribution is 0.344. The third kappa shape index (κ3) is 1.67. The summed E-state index contributed by atoms with van der Waals surface area (Å²) in [5, 5.41) is 0. The van der Waals surface area contributed by atoms with Gasteiger partial charge in [-0.1, -0.05) is 25.5 Å². The molecule has 0 amide bonds. The van der Waals surface area contributed by atoms with Gasteiger partial charge >= 0.3 is 0 Å². The third-order valence-electron chi connectivity index (χ3n) is 3.97. The zero-order chi connectivity index (χ0) is 10.9. The molecular formula is C13H18FN. The molecule has 1 fully saturated rings. The molecule has 0 bridgehead atoms. The average molecular weight is 207 g/mol. The number of hydrogen-bond acceptors (Lipinski definition) is 1. The Bertz CT molecular complexity index is 350. The van der Waals surface area contributed by atoms with Crippen molar-refractivity contribution in [2.24, 2.45) is 11.7 Å². The molecule has 1 aliphatic carbocycles. The van der Waals surface area contributed by atoms with Crippen LogP contribution in [0.15, 0.2) is 24.3 Å². The van der Waals surface area contributed by atoms with Crippen LogP contribution in [0.25, 0.3) is 0 Å². The summed E-state index contributed by atoms with van der Waals surface area (Å²) in [6.07, 6.45) is 3.50. The Morgan fingerprint density at radius 2 is 2.33 bits per heavy atom. The van der Waals surface area contributed by atoms with E-state index >= 15 is 0 Å². The topological polar surface area (TPSA) is 26.0 Å². The van der Waals surface area contributed by atoms with E-state index < -0.39 is 0 Å². The van der Waals surface area contributed by atoms with Crippen LogP contribution in [0.2, 0.25) is 0 Å². The van der Waals surface area contributed by atoms with E-state index in [9.17, 15) is 4.39 Å². The Balaban J connectivity index is 2.42. The van der Waals surface area contributed by atoms with Crippen molar-refractivity contribution in [3.8, 4) is 0 Å². The Hall–Kier alpha value is -0.890. The maximum Gasteiger partial charge on any atom is 0.123 e. The first-order chi connectivity index (χ1) is 7.19. The molecule has 0 heterocycles. The zero-order valence-corrected chi connectivity index (χ0v) is 9.17. The normalized spacial score (nSPS) is 30.7. The van der Waals surface area contributed by atoms with Crippen molar-refractivity contribution in [3.63, 3.8) is 0 Å². The Morgan fingerprint density at radius 3 is 2.87 bits per heavy atom. The van der Waals surface area contributed by atoms with E-state index in [1.165, 1.54) is 18.9 Å². The fraction of sp³-hybridized carbons (Fsp3) is 0.538. The van der Waals surface area contributed by atoms with Crippen LogP contribution in [-0.4, -0.2) is 6.54 Å². The summed E-state index contributed by atoms with van der Waals surface area (Å²) >= 11 is 0. The van der Waals surface area contributed by atoms with E-state index in [-0.39, 0.29) is 11.2 Å². The quantitative estimate of drug-likeness (QED) is 0.793. The summed E-state index contributed by atoms with van der Waals surface area (Å²) in [5.74, 6) is 0.406. The Labute approximate surface area is 90.5 Å². The largest absolute Gasteiger partial charge is 0.330 e. The SMILES string of the molecule is CC1CCCC1(CN)c1cccc(F)c1. The van der Waals surface area contributed by atoms with Gasteiger partial charge in [0.1, 0.15) is 5.82 Å². The molecule has 2 heteroatoms. The van der Waals surface area contributed by atoms with Crippen molar-refractivity contribution in [1.29, 1.82) is 0 Å². The van der Waals surface area contributed by atoms with E-state index in [1.807, 2.05) is 6.07 Å². The van der Waals surface area contributed by atoms with Crippen LogP contribution in [0.1, 0.15) is 31.7 Å². The highest BCUT2D eigenvalue weighted by Gasteiger charge is 2.40. The molecule has 15 heavy (non-hydrogen) atoms. The van der Waals surface area contributed by atoms with Gasteiger partial charge in [-0.25, -0.2) is 4.39 Å². The van der Waals surface area contributed by atoms with Gasteiger partial charge in [0.2, 0.25) is 0 Å². The first-order valence-electron chi connectivity index (χ1n) is 5.65. The van der Waals surface area contributed by atoms with Gasteiger partial charge in [-0.3, -0.25) is 0 Å². The molecule has 1 nitrogen and oxygen atoms in total. The highest BCUT2D eigenvalue weighted by Crippen LogP contribution is 2.44. The van der Waals surface area contributed by atoms with E-state index in [0.717, 1.165) is 12.0 Å². The molecule has 1 aliphatic rings. The van der Waals surface area contributed by atoms with Gasteiger partial charge in [0, 0.05) is 12.0 Å². The van der Waals surface area contributed by atoms with Gasteiger partial charge in [-0.05, 0) is 36.5 Å². The van der Waals surface area contributed by atoms with E-state index in [2.05, 4.69) is 6.92 Å². The smallest absolute Gasteiger partial charge is 0.123 e. The molecule has 1 aromatic rings. The fourth-order valence-electron chi connectivity index (χ4n) is 2.89. The van der Waals surface area contributed by atoms with Gasteiger partial charge in [0.15, 0.2) is 0 Å². The maximum absolute atomic E-state index is 13.2. The standard InChI is InChI=1S/C13H18FN/c1-10-4-3-7-13(10,9-15)11-5-2-6-12(14)8-11/h2,5-6,8,10H,3-4,7,9,15H2,1H3. The second kappa shape index (κ2) is 3.93. The maximum atomic E-state index is 13.2. The molecule has 1 saturated carbocycles. The van der Waals surface area contributed by atoms with Crippen molar-refractivity contribution in [1.82, 2.24) is 0 Å². The van der Waals surface area contributed by atoms with Crippen molar-refractivity contribution < 1.29 is 4.39 Å². The van der Waals surface area contributed by atoms with Crippen molar-refractivity contribution in [2.75, 3.05) is 6.54 Å². The van der Waals surface area contributed by atoms with Crippen LogP contribution in [0, 0.1) is 11.7 Å².